The van der Waals surface area contributed by atoms with E-state index in [2.05, 4.69) is 15.9 Å². The van der Waals surface area contributed by atoms with Gasteiger partial charge in [-0.15, -0.1) is 0 Å². The third kappa shape index (κ3) is 2.32. The van der Waals surface area contributed by atoms with Gasteiger partial charge in [-0.3, -0.25) is 4.79 Å². The summed E-state index contributed by atoms with van der Waals surface area (Å²) in [5.74, 6) is -0.364. The SMILES string of the molecule is CCOc1cc(Br)c(F)c(C(C)=O)c1. The second-order valence-corrected chi connectivity index (χ2v) is 3.61. The molecule has 0 saturated carbocycles. The fourth-order valence-corrected chi connectivity index (χ4v) is 1.51. The van der Waals surface area contributed by atoms with E-state index >= 15 is 0 Å². The Morgan fingerprint density at radius 2 is 2.21 bits per heavy atom. The molecule has 0 saturated heterocycles. The van der Waals surface area contributed by atoms with Crippen LogP contribution in [0.25, 0.3) is 0 Å². The standard InChI is InChI=1S/C10H10BrFO2/c1-3-14-7-4-8(6(2)13)10(12)9(11)5-7/h4-5H,3H2,1-2H3. The van der Waals surface area contributed by atoms with E-state index in [1.807, 2.05) is 6.92 Å². The van der Waals surface area contributed by atoms with Crippen molar-refractivity contribution in [3.8, 4) is 5.75 Å². The number of halogens is 2. The number of carbonyl (C=O) groups excluding carboxylic acids is 1. The summed E-state index contributed by atoms with van der Waals surface area (Å²) in [4.78, 5) is 11.1. The quantitative estimate of drug-likeness (QED) is 0.781. The number of Topliss-reactive ketones (excluding diaryl/α,β-unsaturated/α-hetero) is 1. The summed E-state index contributed by atoms with van der Waals surface area (Å²) in [7, 11) is 0. The van der Waals surface area contributed by atoms with Crippen molar-refractivity contribution in [1.82, 2.24) is 0 Å². The number of hydrogen-bond donors (Lipinski definition) is 0. The highest BCUT2D eigenvalue weighted by atomic mass is 79.9. The van der Waals surface area contributed by atoms with Crippen LogP contribution in [0.4, 0.5) is 4.39 Å². The van der Waals surface area contributed by atoms with Crippen molar-refractivity contribution >= 4 is 21.7 Å². The lowest BCUT2D eigenvalue weighted by Crippen LogP contribution is -2.00. The lowest BCUT2D eigenvalue weighted by atomic mass is 10.1. The van der Waals surface area contributed by atoms with E-state index in [0.717, 1.165) is 0 Å². The average molecular weight is 261 g/mol. The highest BCUT2D eigenvalue weighted by Crippen LogP contribution is 2.26. The molecule has 0 unspecified atom stereocenters. The summed E-state index contributed by atoms with van der Waals surface area (Å²) in [6.45, 7) is 3.63. The molecule has 1 aromatic rings. The first-order chi connectivity index (χ1) is 6.56. The molecule has 0 spiro atoms. The van der Waals surface area contributed by atoms with Crippen molar-refractivity contribution in [2.24, 2.45) is 0 Å². The summed E-state index contributed by atoms with van der Waals surface area (Å²) in [6, 6.07) is 2.91. The van der Waals surface area contributed by atoms with Crippen LogP contribution in [0, 0.1) is 5.82 Å². The van der Waals surface area contributed by atoms with Gasteiger partial charge in [0.05, 0.1) is 16.6 Å². The van der Waals surface area contributed by atoms with Crippen LogP contribution in [0.3, 0.4) is 0 Å². The molecule has 1 aromatic carbocycles. The molecular weight excluding hydrogens is 251 g/mol. The second kappa shape index (κ2) is 4.55. The lowest BCUT2D eigenvalue weighted by Gasteiger charge is -2.07. The van der Waals surface area contributed by atoms with E-state index in [-0.39, 0.29) is 15.8 Å². The molecule has 1 rings (SSSR count). The van der Waals surface area contributed by atoms with Gasteiger partial charge in [0.1, 0.15) is 11.6 Å². The minimum atomic E-state index is -0.541. The first-order valence-corrected chi connectivity index (χ1v) is 4.98. The Morgan fingerprint density at radius 3 is 2.71 bits per heavy atom. The molecule has 0 bridgehead atoms. The van der Waals surface area contributed by atoms with Crippen molar-refractivity contribution in [1.29, 1.82) is 0 Å². The molecule has 0 N–H and O–H groups in total. The number of ether oxygens (including phenoxy) is 1. The maximum Gasteiger partial charge on any atom is 0.162 e. The zero-order chi connectivity index (χ0) is 10.7. The molecule has 2 nitrogen and oxygen atoms in total. The number of carbonyl (C=O) groups is 1. The topological polar surface area (TPSA) is 26.3 Å². The van der Waals surface area contributed by atoms with Gasteiger partial charge in [-0.1, -0.05) is 0 Å². The third-order valence-electron chi connectivity index (χ3n) is 1.69. The second-order valence-electron chi connectivity index (χ2n) is 2.76. The van der Waals surface area contributed by atoms with Gasteiger partial charge in [0.25, 0.3) is 0 Å². The minimum absolute atomic E-state index is 0.0443. The predicted molar refractivity (Wildman–Crippen MR) is 55.3 cm³/mol. The Morgan fingerprint density at radius 1 is 1.57 bits per heavy atom. The summed E-state index contributed by atoms with van der Waals surface area (Å²) >= 11 is 3.03. The van der Waals surface area contributed by atoms with Crippen molar-refractivity contribution < 1.29 is 13.9 Å². The van der Waals surface area contributed by atoms with Crippen molar-refractivity contribution in [2.75, 3.05) is 6.61 Å². The summed E-state index contributed by atoms with van der Waals surface area (Å²) in [6.07, 6.45) is 0. The van der Waals surface area contributed by atoms with Crippen LogP contribution >= 0.6 is 15.9 Å². The Kier molecular flexibility index (Phi) is 3.63. The van der Waals surface area contributed by atoms with Gasteiger partial charge in [-0.2, -0.15) is 0 Å². The highest BCUT2D eigenvalue weighted by Gasteiger charge is 2.12. The van der Waals surface area contributed by atoms with Gasteiger partial charge in [0, 0.05) is 0 Å². The molecule has 0 fully saturated rings. The van der Waals surface area contributed by atoms with E-state index in [1.54, 1.807) is 0 Å². The highest BCUT2D eigenvalue weighted by molar-refractivity contribution is 9.10. The van der Waals surface area contributed by atoms with Gasteiger partial charge < -0.3 is 4.74 Å². The van der Waals surface area contributed by atoms with Gasteiger partial charge >= 0.3 is 0 Å². The third-order valence-corrected chi connectivity index (χ3v) is 2.27. The van der Waals surface area contributed by atoms with Gasteiger partial charge in [0.2, 0.25) is 0 Å². The van der Waals surface area contributed by atoms with E-state index < -0.39 is 5.82 Å². The first-order valence-electron chi connectivity index (χ1n) is 4.19. The molecule has 0 atom stereocenters. The largest absolute Gasteiger partial charge is 0.494 e. The molecule has 0 radical (unpaired) electrons. The summed E-state index contributed by atoms with van der Waals surface area (Å²) in [5, 5.41) is 0. The molecular formula is C10H10BrFO2. The smallest absolute Gasteiger partial charge is 0.162 e. The van der Waals surface area contributed by atoms with E-state index in [4.69, 9.17) is 4.74 Å². The molecule has 0 aromatic heterocycles. The van der Waals surface area contributed by atoms with Crippen molar-refractivity contribution in [3.63, 3.8) is 0 Å². The average Bonchev–Trinajstić information content (AvgIpc) is 2.11. The van der Waals surface area contributed by atoms with Crippen LogP contribution in [0.1, 0.15) is 24.2 Å². The molecule has 4 heteroatoms. The first kappa shape index (κ1) is 11.2. The number of benzene rings is 1. The Bertz CT molecular complexity index is 363. The number of ketones is 1. The fourth-order valence-electron chi connectivity index (χ4n) is 1.07. The molecule has 0 aliphatic carbocycles. The fraction of sp³-hybridized carbons (Fsp3) is 0.300. The molecule has 0 amide bonds. The maximum atomic E-state index is 13.3. The normalized spacial score (nSPS) is 10.0. The van der Waals surface area contributed by atoms with Crippen LogP contribution < -0.4 is 4.74 Å². The van der Waals surface area contributed by atoms with Crippen LogP contribution in [-0.2, 0) is 0 Å². The van der Waals surface area contributed by atoms with Crippen LogP contribution in [0.5, 0.6) is 5.75 Å². The summed E-state index contributed by atoms with van der Waals surface area (Å²) in [5.41, 5.74) is 0.0443. The predicted octanol–water partition coefficient (Wildman–Crippen LogP) is 3.19. The van der Waals surface area contributed by atoms with Crippen molar-refractivity contribution in [3.05, 3.63) is 28.0 Å². The van der Waals surface area contributed by atoms with Crippen molar-refractivity contribution in [2.45, 2.75) is 13.8 Å². The van der Waals surface area contributed by atoms with E-state index in [1.165, 1.54) is 19.1 Å². The van der Waals surface area contributed by atoms with Crippen LogP contribution in [-0.4, -0.2) is 12.4 Å². The monoisotopic (exact) mass is 260 g/mol. The maximum absolute atomic E-state index is 13.3. The molecule has 0 aliphatic heterocycles. The number of rotatable bonds is 3. The van der Waals surface area contributed by atoms with Crippen LogP contribution in [0.2, 0.25) is 0 Å². The number of hydrogen-bond acceptors (Lipinski definition) is 2. The van der Waals surface area contributed by atoms with E-state index in [0.29, 0.717) is 12.4 Å². The zero-order valence-electron chi connectivity index (χ0n) is 7.93. The molecule has 0 heterocycles. The molecule has 14 heavy (non-hydrogen) atoms. The minimum Gasteiger partial charge on any atom is -0.494 e. The Labute approximate surface area is 90.2 Å². The zero-order valence-corrected chi connectivity index (χ0v) is 9.52. The lowest BCUT2D eigenvalue weighted by molar-refractivity contribution is 0.101. The Balaban J connectivity index is 3.21. The van der Waals surface area contributed by atoms with Gasteiger partial charge in [-0.25, -0.2) is 4.39 Å². The van der Waals surface area contributed by atoms with E-state index in [9.17, 15) is 9.18 Å². The van der Waals surface area contributed by atoms with Gasteiger partial charge in [-0.05, 0) is 41.9 Å². The summed E-state index contributed by atoms with van der Waals surface area (Å²) < 4.78 is 18.8. The van der Waals surface area contributed by atoms with Crippen LogP contribution in [0.15, 0.2) is 16.6 Å². The Hall–Kier alpha value is -0.900. The van der Waals surface area contributed by atoms with Gasteiger partial charge in [0.15, 0.2) is 5.78 Å². The molecule has 76 valence electrons. The molecule has 0 aliphatic rings.